The van der Waals surface area contributed by atoms with Crippen LogP contribution >= 0.6 is 15.9 Å². The second-order valence-electron chi connectivity index (χ2n) is 4.46. The first-order valence-electron chi connectivity index (χ1n) is 5.42. The number of halogens is 1. The number of alkyl halides is 1. The molecule has 0 saturated carbocycles. The number of hydrogen-bond donors (Lipinski definition) is 0. The molecule has 2 atom stereocenters. The van der Waals surface area contributed by atoms with Crippen LogP contribution in [-0.2, 0) is 4.74 Å². The molecule has 0 N–H and O–H groups in total. The van der Waals surface area contributed by atoms with Gasteiger partial charge >= 0.3 is 0 Å². The van der Waals surface area contributed by atoms with Crippen molar-refractivity contribution in [1.82, 2.24) is 0 Å². The second kappa shape index (κ2) is 6.02. The summed E-state index contributed by atoms with van der Waals surface area (Å²) in [7, 11) is 0. The fourth-order valence-electron chi connectivity index (χ4n) is 1.82. The molecule has 0 aliphatic carbocycles. The van der Waals surface area contributed by atoms with Gasteiger partial charge in [-0.1, -0.05) is 42.6 Å². The number of rotatable bonds is 4. The lowest BCUT2D eigenvalue weighted by molar-refractivity contribution is 0.0560. The zero-order chi connectivity index (χ0) is 9.68. The maximum absolute atomic E-state index is 5.48. The predicted molar refractivity (Wildman–Crippen MR) is 60.3 cm³/mol. The Morgan fingerprint density at radius 2 is 2.23 bits per heavy atom. The van der Waals surface area contributed by atoms with Gasteiger partial charge in [0.05, 0.1) is 6.61 Å². The molecule has 78 valence electrons. The summed E-state index contributed by atoms with van der Waals surface area (Å²) in [4.78, 5) is 0.702. The SMILES string of the molecule is CC(C)CCCC1COCCC1Br. The summed E-state index contributed by atoms with van der Waals surface area (Å²) < 4.78 is 5.48. The van der Waals surface area contributed by atoms with E-state index in [-0.39, 0.29) is 0 Å². The first-order valence-corrected chi connectivity index (χ1v) is 6.33. The molecule has 13 heavy (non-hydrogen) atoms. The molecule has 2 unspecified atom stereocenters. The Labute approximate surface area is 90.4 Å². The summed E-state index contributed by atoms with van der Waals surface area (Å²) in [5.74, 6) is 1.60. The van der Waals surface area contributed by atoms with Gasteiger partial charge in [0.15, 0.2) is 0 Å². The monoisotopic (exact) mass is 248 g/mol. The lowest BCUT2D eigenvalue weighted by atomic mass is 9.94. The standard InChI is InChI=1S/C11H21BrO/c1-9(2)4-3-5-10-8-13-7-6-11(10)12/h9-11H,3-8H2,1-2H3. The minimum Gasteiger partial charge on any atom is -0.381 e. The van der Waals surface area contributed by atoms with E-state index in [0.29, 0.717) is 4.83 Å². The Kier molecular flexibility index (Phi) is 5.34. The molecule has 0 amide bonds. The van der Waals surface area contributed by atoms with Crippen LogP contribution in [0.25, 0.3) is 0 Å². The smallest absolute Gasteiger partial charge is 0.0504 e. The van der Waals surface area contributed by atoms with E-state index in [2.05, 4.69) is 29.8 Å². The van der Waals surface area contributed by atoms with Crippen LogP contribution in [0.5, 0.6) is 0 Å². The van der Waals surface area contributed by atoms with Gasteiger partial charge < -0.3 is 4.74 Å². The van der Waals surface area contributed by atoms with Crippen LogP contribution in [0.4, 0.5) is 0 Å². The first-order chi connectivity index (χ1) is 6.20. The zero-order valence-electron chi connectivity index (χ0n) is 8.76. The van der Waals surface area contributed by atoms with E-state index in [1.54, 1.807) is 0 Å². The molecular formula is C11H21BrO. The van der Waals surface area contributed by atoms with E-state index < -0.39 is 0 Å². The van der Waals surface area contributed by atoms with Gasteiger partial charge in [-0.25, -0.2) is 0 Å². The highest BCUT2D eigenvalue weighted by molar-refractivity contribution is 9.09. The Hall–Kier alpha value is 0.440. The Balaban J connectivity index is 2.11. The first kappa shape index (κ1) is 11.5. The van der Waals surface area contributed by atoms with Crippen molar-refractivity contribution >= 4 is 15.9 Å². The highest BCUT2D eigenvalue weighted by atomic mass is 79.9. The van der Waals surface area contributed by atoms with Gasteiger partial charge in [-0.15, -0.1) is 0 Å². The van der Waals surface area contributed by atoms with Crippen LogP contribution in [0.1, 0.15) is 39.5 Å². The average Bonchev–Trinajstić information content (AvgIpc) is 2.08. The van der Waals surface area contributed by atoms with Gasteiger partial charge in [-0.3, -0.25) is 0 Å². The third-order valence-electron chi connectivity index (χ3n) is 2.74. The molecule has 1 aliphatic heterocycles. The quantitative estimate of drug-likeness (QED) is 0.691. The summed E-state index contributed by atoms with van der Waals surface area (Å²) in [5.41, 5.74) is 0. The number of hydrogen-bond acceptors (Lipinski definition) is 1. The van der Waals surface area contributed by atoms with Crippen molar-refractivity contribution in [2.45, 2.75) is 44.4 Å². The third kappa shape index (κ3) is 4.46. The summed E-state index contributed by atoms with van der Waals surface area (Å²) in [6.07, 6.45) is 5.23. The van der Waals surface area contributed by atoms with Crippen LogP contribution in [-0.4, -0.2) is 18.0 Å². The Bertz CT molecular complexity index is 136. The van der Waals surface area contributed by atoms with Crippen molar-refractivity contribution < 1.29 is 4.74 Å². The van der Waals surface area contributed by atoms with E-state index >= 15 is 0 Å². The van der Waals surface area contributed by atoms with Crippen molar-refractivity contribution in [3.8, 4) is 0 Å². The topological polar surface area (TPSA) is 9.23 Å². The van der Waals surface area contributed by atoms with E-state index in [4.69, 9.17) is 4.74 Å². The van der Waals surface area contributed by atoms with E-state index in [1.807, 2.05) is 0 Å². The molecule has 1 heterocycles. The highest BCUT2D eigenvalue weighted by Crippen LogP contribution is 2.26. The maximum Gasteiger partial charge on any atom is 0.0504 e. The van der Waals surface area contributed by atoms with Gasteiger partial charge in [-0.2, -0.15) is 0 Å². The Morgan fingerprint density at radius 3 is 2.85 bits per heavy atom. The minimum atomic E-state index is 0.702. The van der Waals surface area contributed by atoms with E-state index in [1.165, 1.54) is 25.7 Å². The third-order valence-corrected chi connectivity index (χ3v) is 3.94. The molecule has 1 fully saturated rings. The average molecular weight is 249 g/mol. The molecule has 1 saturated heterocycles. The fourth-order valence-corrected chi connectivity index (χ4v) is 2.43. The van der Waals surface area contributed by atoms with E-state index in [9.17, 15) is 0 Å². The van der Waals surface area contributed by atoms with Crippen LogP contribution in [0.2, 0.25) is 0 Å². The zero-order valence-corrected chi connectivity index (χ0v) is 10.3. The predicted octanol–water partition coefficient (Wildman–Crippen LogP) is 3.61. The summed E-state index contributed by atoms with van der Waals surface area (Å²) in [6.45, 7) is 6.50. The molecule has 2 heteroatoms. The molecule has 0 radical (unpaired) electrons. The van der Waals surface area contributed by atoms with Gasteiger partial charge in [0.25, 0.3) is 0 Å². The molecular weight excluding hydrogens is 228 g/mol. The second-order valence-corrected chi connectivity index (χ2v) is 5.64. The number of ether oxygens (including phenoxy) is 1. The van der Waals surface area contributed by atoms with Crippen molar-refractivity contribution in [1.29, 1.82) is 0 Å². The van der Waals surface area contributed by atoms with Crippen molar-refractivity contribution in [3.63, 3.8) is 0 Å². The summed E-state index contributed by atoms with van der Waals surface area (Å²) in [5, 5.41) is 0. The normalized spacial score (nSPS) is 29.5. The van der Waals surface area contributed by atoms with Crippen LogP contribution in [0, 0.1) is 11.8 Å². The van der Waals surface area contributed by atoms with Gasteiger partial charge in [-0.05, 0) is 24.7 Å². The fraction of sp³-hybridized carbons (Fsp3) is 1.00. The summed E-state index contributed by atoms with van der Waals surface area (Å²) in [6, 6.07) is 0. The molecule has 1 nitrogen and oxygen atoms in total. The lowest BCUT2D eigenvalue weighted by Crippen LogP contribution is -2.27. The van der Waals surface area contributed by atoms with Crippen LogP contribution in [0.3, 0.4) is 0 Å². The van der Waals surface area contributed by atoms with Gasteiger partial charge in [0, 0.05) is 11.4 Å². The van der Waals surface area contributed by atoms with Crippen molar-refractivity contribution in [3.05, 3.63) is 0 Å². The van der Waals surface area contributed by atoms with Gasteiger partial charge in [0.2, 0.25) is 0 Å². The molecule has 0 bridgehead atoms. The molecule has 1 aliphatic rings. The van der Waals surface area contributed by atoms with E-state index in [0.717, 1.165) is 25.0 Å². The van der Waals surface area contributed by atoms with Crippen LogP contribution < -0.4 is 0 Å². The largest absolute Gasteiger partial charge is 0.381 e. The lowest BCUT2D eigenvalue weighted by Gasteiger charge is -2.27. The molecule has 0 aromatic heterocycles. The van der Waals surface area contributed by atoms with Crippen molar-refractivity contribution in [2.24, 2.45) is 11.8 Å². The van der Waals surface area contributed by atoms with Crippen molar-refractivity contribution in [2.75, 3.05) is 13.2 Å². The molecule has 1 rings (SSSR count). The molecule has 0 aromatic carbocycles. The summed E-state index contributed by atoms with van der Waals surface area (Å²) >= 11 is 3.74. The Morgan fingerprint density at radius 1 is 1.46 bits per heavy atom. The maximum atomic E-state index is 5.48. The van der Waals surface area contributed by atoms with Gasteiger partial charge in [0.1, 0.15) is 0 Å². The minimum absolute atomic E-state index is 0.702. The molecule has 0 spiro atoms. The highest BCUT2D eigenvalue weighted by Gasteiger charge is 2.22. The molecule has 0 aromatic rings. The van der Waals surface area contributed by atoms with Crippen LogP contribution in [0.15, 0.2) is 0 Å².